The van der Waals surface area contributed by atoms with E-state index >= 15 is 0 Å². The van der Waals surface area contributed by atoms with Gasteiger partial charge in [-0.1, -0.05) is 39.8 Å². The number of hydrogen-bond donors (Lipinski definition) is 1. The monoisotopic (exact) mass is 372 g/mol. The van der Waals surface area contributed by atoms with Crippen molar-refractivity contribution in [3.63, 3.8) is 0 Å². The zero-order valence-corrected chi connectivity index (χ0v) is 17.2. The van der Waals surface area contributed by atoms with Crippen molar-refractivity contribution in [3.8, 4) is 5.75 Å². The van der Waals surface area contributed by atoms with Crippen molar-refractivity contribution in [1.82, 2.24) is 10.2 Å². The first kappa shape index (κ1) is 21.0. The van der Waals surface area contributed by atoms with E-state index in [0.717, 1.165) is 30.9 Å². The fourth-order valence-corrected chi connectivity index (χ4v) is 2.92. The summed E-state index contributed by atoms with van der Waals surface area (Å²) < 4.78 is 11.6. The number of hydrogen-bond acceptors (Lipinski definition) is 4. The number of nitrogens with zero attached hydrogens (tertiary/aromatic N) is 1. The highest BCUT2D eigenvalue weighted by Crippen LogP contribution is 2.28. The largest absolute Gasteiger partial charge is 0.485 e. The molecule has 27 heavy (non-hydrogen) atoms. The third-order valence-corrected chi connectivity index (χ3v) is 4.65. The summed E-state index contributed by atoms with van der Waals surface area (Å²) in [5.74, 6) is 2.02. The molecule has 0 bridgehead atoms. The van der Waals surface area contributed by atoms with Gasteiger partial charge in [-0.05, 0) is 55.3 Å². The zero-order chi connectivity index (χ0) is 19.8. The first-order valence-electron chi connectivity index (χ1n) is 9.77. The second kappa shape index (κ2) is 10.2. The molecule has 0 saturated heterocycles. The van der Waals surface area contributed by atoms with Crippen LogP contribution in [0.2, 0.25) is 0 Å². The van der Waals surface area contributed by atoms with Crippen molar-refractivity contribution in [2.75, 3.05) is 26.2 Å². The first-order chi connectivity index (χ1) is 12.9. The molecule has 5 heteroatoms. The number of aryl methyl sites for hydroxylation is 1. The predicted molar refractivity (Wildman–Crippen MR) is 108 cm³/mol. The molecule has 5 nitrogen and oxygen atoms in total. The Morgan fingerprint density at radius 3 is 2.59 bits per heavy atom. The van der Waals surface area contributed by atoms with E-state index in [-0.39, 0.29) is 5.91 Å². The summed E-state index contributed by atoms with van der Waals surface area (Å²) in [6, 6.07) is 9.73. The minimum absolute atomic E-state index is 0.188. The number of carbonyl (C=O) groups excluding carboxylic acids is 1. The van der Waals surface area contributed by atoms with Gasteiger partial charge in [0.15, 0.2) is 5.76 Å². The number of carbonyl (C=O) groups is 1. The lowest BCUT2D eigenvalue weighted by molar-refractivity contribution is 0.0917. The molecule has 1 amide bonds. The molecular formula is C22H32N2O3. The van der Waals surface area contributed by atoms with Crippen LogP contribution in [-0.2, 0) is 6.61 Å². The molecule has 0 radical (unpaired) electrons. The highest BCUT2D eigenvalue weighted by Gasteiger charge is 2.13. The van der Waals surface area contributed by atoms with Gasteiger partial charge in [0.05, 0.1) is 0 Å². The number of likely N-dealkylation sites (N-methyl/N-ethyl adjacent to an activating group) is 1. The maximum Gasteiger partial charge on any atom is 0.287 e. The van der Waals surface area contributed by atoms with Crippen molar-refractivity contribution in [2.45, 2.75) is 47.1 Å². The summed E-state index contributed by atoms with van der Waals surface area (Å²) in [5, 5.41) is 2.90. The van der Waals surface area contributed by atoms with E-state index in [1.54, 1.807) is 12.1 Å². The Balaban J connectivity index is 1.91. The Labute approximate surface area is 162 Å². The average molecular weight is 373 g/mol. The molecule has 2 aromatic rings. The molecule has 0 saturated carbocycles. The normalized spacial score (nSPS) is 11.2. The molecule has 148 valence electrons. The summed E-state index contributed by atoms with van der Waals surface area (Å²) in [4.78, 5) is 14.5. The molecule has 0 aliphatic rings. The van der Waals surface area contributed by atoms with Crippen LogP contribution in [0.4, 0.5) is 0 Å². The van der Waals surface area contributed by atoms with Gasteiger partial charge in [0.25, 0.3) is 5.91 Å². The Hall–Kier alpha value is -2.27. The minimum atomic E-state index is -0.188. The molecule has 2 rings (SSSR count). The highest BCUT2D eigenvalue weighted by atomic mass is 16.5. The molecule has 0 spiro atoms. The molecule has 0 fully saturated rings. The van der Waals surface area contributed by atoms with Crippen LogP contribution in [0.25, 0.3) is 0 Å². The topological polar surface area (TPSA) is 54.7 Å². The maximum absolute atomic E-state index is 12.2. The zero-order valence-electron chi connectivity index (χ0n) is 17.2. The average Bonchev–Trinajstić information content (AvgIpc) is 3.12. The van der Waals surface area contributed by atoms with Crippen LogP contribution < -0.4 is 10.1 Å². The van der Waals surface area contributed by atoms with Crippen LogP contribution in [0.1, 0.15) is 61.1 Å². The Bertz CT molecular complexity index is 733. The molecule has 0 atom stereocenters. The minimum Gasteiger partial charge on any atom is -0.485 e. The number of furan rings is 1. The summed E-state index contributed by atoms with van der Waals surface area (Å²) >= 11 is 0. The molecule has 1 N–H and O–H groups in total. The summed E-state index contributed by atoms with van der Waals surface area (Å²) in [5.41, 5.74) is 2.32. The highest BCUT2D eigenvalue weighted by molar-refractivity contribution is 5.91. The van der Waals surface area contributed by atoms with E-state index in [9.17, 15) is 4.79 Å². The molecular weight excluding hydrogens is 340 g/mol. The third kappa shape index (κ3) is 6.14. The SMILES string of the molecule is CCN(CC)CCNC(=O)c1ccc(COc2cc(C)ccc2C(C)C)o1. The molecule has 0 aliphatic carbocycles. The van der Waals surface area contributed by atoms with E-state index < -0.39 is 0 Å². The van der Waals surface area contributed by atoms with Crippen molar-refractivity contribution >= 4 is 5.91 Å². The number of benzene rings is 1. The second-order valence-electron chi connectivity index (χ2n) is 7.03. The Kier molecular flexibility index (Phi) is 7.92. The second-order valence-corrected chi connectivity index (χ2v) is 7.03. The molecule has 0 unspecified atom stereocenters. The van der Waals surface area contributed by atoms with Crippen molar-refractivity contribution in [3.05, 3.63) is 53.0 Å². The van der Waals surface area contributed by atoms with Gasteiger partial charge in [0.2, 0.25) is 0 Å². The van der Waals surface area contributed by atoms with Crippen LogP contribution in [0, 0.1) is 6.92 Å². The molecule has 1 aromatic heterocycles. The van der Waals surface area contributed by atoms with Gasteiger partial charge in [-0.25, -0.2) is 0 Å². The first-order valence-corrected chi connectivity index (χ1v) is 9.77. The van der Waals surface area contributed by atoms with Crippen molar-refractivity contribution in [2.24, 2.45) is 0 Å². The van der Waals surface area contributed by atoms with Gasteiger partial charge in [0.1, 0.15) is 18.1 Å². The van der Waals surface area contributed by atoms with Gasteiger partial charge in [-0.3, -0.25) is 4.79 Å². The lowest BCUT2D eigenvalue weighted by Crippen LogP contribution is -2.34. The van der Waals surface area contributed by atoms with Gasteiger partial charge in [-0.2, -0.15) is 0 Å². The smallest absolute Gasteiger partial charge is 0.287 e. The van der Waals surface area contributed by atoms with E-state index in [1.807, 2.05) is 13.0 Å². The van der Waals surface area contributed by atoms with Crippen molar-refractivity contribution < 1.29 is 13.9 Å². The Morgan fingerprint density at radius 1 is 1.19 bits per heavy atom. The molecule has 1 aromatic carbocycles. The van der Waals surface area contributed by atoms with Gasteiger partial charge >= 0.3 is 0 Å². The summed E-state index contributed by atoms with van der Waals surface area (Å²) in [7, 11) is 0. The van der Waals surface area contributed by atoms with Crippen molar-refractivity contribution in [1.29, 1.82) is 0 Å². The van der Waals surface area contributed by atoms with E-state index in [4.69, 9.17) is 9.15 Å². The lowest BCUT2D eigenvalue weighted by Gasteiger charge is -2.17. The van der Waals surface area contributed by atoms with Gasteiger partial charge < -0.3 is 19.4 Å². The van der Waals surface area contributed by atoms with Gasteiger partial charge in [0, 0.05) is 13.1 Å². The van der Waals surface area contributed by atoms with E-state index in [2.05, 4.69) is 50.0 Å². The molecule has 1 heterocycles. The van der Waals surface area contributed by atoms with Crippen LogP contribution in [-0.4, -0.2) is 37.0 Å². The van der Waals surface area contributed by atoms with Crippen LogP contribution in [0.15, 0.2) is 34.7 Å². The molecule has 0 aliphatic heterocycles. The standard InChI is InChI=1S/C22H32N2O3/c1-6-24(7-2)13-12-23-22(25)20-11-9-18(27-20)15-26-21-14-17(5)8-10-19(21)16(3)4/h8-11,14,16H,6-7,12-13,15H2,1-5H3,(H,23,25). The quantitative estimate of drug-likeness (QED) is 0.673. The van der Waals surface area contributed by atoms with E-state index in [0.29, 0.717) is 30.6 Å². The lowest BCUT2D eigenvalue weighted by atomic mass is 10.0. The predicted octanol–water partition coefficient (Wildman–Crippen LogP) is 4.36. The van der Waals surface area contributed by atoms with Crippen LogP contribution in [0.5, 0.6) is 5.75 Å². The number of rotatable bonds is 10. The summed E-state index contributed by atoms with van der Waals surface area (Å²) in [6.45, 7) is 14.3. The fraction of sp³-hybridized carbons (Fsp3) is 0.500. The fourth-order valence-electron chi connectivity index (χ4n) is 2.92. The maximum atomic E-state index is 12.2. The van der Waals surface area contributed by atoms with Crippen LogP contribution in [0.3, 0.4) is 0 Å². The number of nitrogens with one attached hydrogen (secondary N) is 1. The third-order valence-electron chi connectivity index (χ3n) is 4.65. The van der Waals surface area contributed by atoms with E-state index in [1.165, 1.54) is 5.56 Å². The number of amides is 1. The number of ether oxygens (including phenoxy) is 1. The summed E-state index contributed by atoms with van der Waals surface area (Å²) in [6.07, 6.45) is 0. The van der Waals surface area contributed by atoms with Crippen LogP contribution >= 0.6 is 0 Å². The Morgan fingerprint density at radius 2 is 1.93 bits per heavy atom. The van der Waals surface area contributed by atoms with Gasteiger partial charge in [-0.15, -0.1) is 0 Å².